The van der Waals surface area contributed by atoms with Crippen molar-refractivity contribution in [3.63, 3.8) is 0 Å². The summed E-state index contributed by atoms with van der Waals surface area (Å²) in [5.41, 5.74) is 4.64. The number of urea groups is 1. The molecule has 1 fully saturated rings. The summed E-state index contributed by atoms with van der Waals surface area (Å²) in [5.74, 6) is 1.74. The number of hydrogen-bond acceptors (Lipinski definition) is 5. The zero-order valence-electron chi connectivity index (χ0n) is 23.1. The molecule has 0 atom stereocenters. The molecular weight excluding hydrogens is 510 g/mol. The number of rotatable bonds is 8. The Morgan fingerprint density at radius 2 is 1.66 bits per heavy atom. The Balaban J connectivity index is 1.29. The molecule has 3 aromatic carbocycles. The van der Waals surface area contributed by atoms with Crippen LogP contribution in [-0.4, -0.2) is 30.4 Å². The van der Waals surface area contributed by atoms with Gasteiger partial charge in [0.1, 0.15) is 11.8 Å². The number of nitrogens with one attached hydrogen (secondary N) is 1. The van der Waals surface area contributed by atoms with E-state index in [-0.39, 0.29) is 12.1 Å². The van der Waals surface area contributed by atoms with E-state index in [1.165, 1.54) is 6.20 Å². The lowest BCUT2D eigenvalue weighted by molar-refractivity contribution is 0.240. The number of amides is 2. The van der Waals surface area contributed by atoms with Crippen molar-refractivity contribution in [2.45, 2.75) is 38.3 Å². The summed E-state index contributed by atoms with van der Waals surface area (Å²) in [5, 5.41) is 12.1. The first-order valence-corrected chi connectivity index (χ1v) is 13.9. The number of anilines is 1. The molecule has 0 spiro atoms. The molecule has 1 heterocycles. The van der Waals surface area contributed by atoms with Crippen molar-refractivity contribution in [1.29, 1.82) is 5.26 Å². The van der Waals surface area contributed by atoms with E-state index in [4.69, 9.17) is 10.00 Å². The van der Waals surface area contributed by atoms with Crippen molar-refractivity contribution < 1.29 is 9.53 Å². The summed E-state index contributed by atoms with van der Waals surface area (Å²) in [6.45, 7) is 0.472. The average molecular weight is 544 g/mol. The number of carbonyl (C=O) groups excluding carboxylic acids is 1. The summed E-state index contributed by atoms with van der Waals surface area (Å²) >= 11 is 0. The molecule has 7 heteroatoms. The number of benzene rings is 3. The van der Waals surface area contributed by atoms with Crippen molar-refractivity contribution >= 4 is 23.8 Å². The van der Waals surface area contributed by atoms with E-state index in [2.05, 4.69) is 33.5 Å². The first-order chi connectivity index (χ1) is 20.1. The second kappa shape index (κ2) is 13.4. The van der Waals surface area contributed by atoms with Crippen LogP contribution in [0.1, 0.15) is 36.8 Å². The third kappa shape index (κ3) is 7.17. The highest BCUT2D eigenvalue weighted by Gasteiger charge is 2.29. The number of carbonyl (C=O) groups is 1. The largest absolute Gasteiger partial charge is 0.497 e. The van der Waals surface area contributed by atoms with Gasteiger partial charge in [-0.2, -0.15) is 5.26 Å². The highest BCUT2D eigenvalue weighted by molar-refractivity contribution is 5.93. The fraction of sp³-hybridized carbons (Fsp3) is 0.235. The molecule has 41 heavy (non-hydrogen) atoms. The fourth-order valence-electron chi connectivity index (χ4n) is 5.17. The molecule has 5 rings (SSSR count). The van der Waals surface area contributed by atoms with E-state index >= 15 is 0 Å². The molecule has 0 radical (unpaired) electrons. The second-order valence-electron chi connectivity index (χ2n) is 10.2. The Hall–Kier alpha value is -4.96. The minimum atomic E-state index is -0.0926. The molecule has 4 aromatic rings. The minimum absolute atomic E-state index is 0.0790. The predicted octanol–water partition coefficient (Wildman–Crippen LogP) is 7.31. The standard InChI is InChI=1S/C34H33N5O2/c1-41-32-18-12-29(13-19-32)28-10-16-31(17-11-28)39(34(40)38-23-25-5-3-2-4-6-25)30-14-7-26(8-15-30)22-36-33-20-9-27(21-35)24-37-33/h2-6,9-13,16-20,22,24,26,30H,7-8,14-15,23H2,1H3,(H,38,40)/b36-22-. The van der Waals surface area contributed by atoms with Crippen molar-refractivity contribution in [1.82, 2.24) is 10.3 Å². The number of nitrogens with zero attached hydrogens (tertiary/aromatic N) is 4. The maximum absolute atomic E-state index is 13.6. The summed E-state index contributed by atoms with van der Waals surface area (Å²) in [6.07, 6.45) is 7.10. The molecule has 206 valence electrons. The number of methoxy groups -OCH3 is 1. The molecule has 7 nitrogen and oxygen atoms in total. The number of aliphatic imine (C=N–C) groups is 1. The lowest BCUT2D eigenvalue weighted by atomic mass is 9.86. The quantitative estimate of drug-likeness (QED) is 0.236. The van der Waals surface area contributed by atoms with Gasteiger partial charge in [0.15, 0.2) is 5.82 Å². The van der Waals surface area contributed by atoms with Gasteiger partial charge >= 0.3 is 6.03 Å². The Kier molecular flexibility index (Phi) is 9.02. The van der Waals surface area contributed by atoms with Crippen LogP contribution >= 0.6 is 0 Å². The number of hydrogen-bond donors (Lipinski definition) is 1. The zero-order valence-corrected chi connectivity index (χ0v) is 23.1. The van der Waals surface area contributed by atoms with Crippen LogP contribution in [0.3, 0.4) is 0 Å². The molecule has 1 aliphatic carbocycles. The zero-order chi connectivity index (χ0) is 28.4. The molecule has 1 aliphatic rings. The highest BCUT2D eigenvalue weighted by Crippen LogP contribution is 2.32. The molecule has 0 saturated heterocycles. The average Bonchev–Trinajstić information content (AvgIpc) is 3.04. The first-order valence-electron chi connectivity index (χ1n) is 13.9. The van der Waals surface area contributed by atoms with Crippen molar-refractivity contribution in [3.8, 4) is 22.9 Å². The van der Waals surface area contributed by atoms with E-state index in [0.29, 0.717) is 23.8 Å². The summed E-state index contributed by atoms with van der Waals surface area (Å²) in [6, 6.07) is 31.7. The predicted molar refractivity (Wildman–Crippen MR) is 162 cm³/mol. The first kappa shape index (κ1) is 27.6. The SMILES string of the molecule is COc1ccc(-c2ccc(N(C(=O)NCc3ccccc3)C3CCC(/C=N\c4ccc(C#N)cn4)CC3)cc2)cc1. The van der Waals surface area contributed by atoms with Crippen LogP contribution in [0.2, 0.25) is 0 Å². The number of ether oxygens (including phenoxy) is 1. The molecule has 1 aromatic heterocycles. The molecule has 0 bridgehead atoms. The van der Waals surface area contributed by atoms with Gasteiger partial charge in [-0.1, -0.05) is 54.6 Å². The Labute approximate surface area is 241 Å². The molecule has 1 saturated carbocycles. The molecular formula is C34H33N5O2. The third-order valence-electron chi connectivity index (χ3n) is 7.48. The van der Waals surface area contributed by atoms with E-state index in [1.54, 1.807) is 19.2 Å². The Morgan fingerprint density at radius 3 is 2.27 bits per heavy atom. The van der Waals surface area contributed by atoms with Gasteiger partial charge in [-0.25, -0.2) is 14.8 Å². The van der Waals surface area contributed by atoms with E-state index in [1.807, 2.05) is 77.8 Å². The lowest BCUT2D eigenvalue weighted by Crippen LogP contribution is -2.47. The van der Waals surface area contributed by atoms with Crippen LogP contribution in [0.5, 0.6) is 5.75 Å². The van der Waals surface area contributed by atoms with Gasteiger partial charge in [0.05, 0.1) is 12.7 Å². The lowest BCUT2D eigenvalue weighted by Gasteiger charge is -2.36. The smallest absolute Gasteiger partial charge is 0.322 e. The summed E-state index contributed by atoms with van der Waals surface area (Å²) < 4.78 is 5.28. The summed E-state index contributed by atoms with van der Waals surface area (Å²) in [7, 11) is 1.66. The van der Waals surface area contributed by atoms with E-state index < -0.39 is 0 Å². The molecule has 1 N–H and O–H groups in total. The van der Waals surface area contributed by atoms with Crippen LogP contribution in [0.4, 0.5) is 16.3 Å². The molecule has 0 aliphatic heterocycles. The van der Waals surface area contributed by atoms with Gasteiger partial charge in [0.25, 0.3) is 0 Å². The van der Waals surface area contributed by atoms with Gasteiger partial charge < -0.3 is 10.1 Å². The second-order valence-corrected chi connectivity index (χ2v) is 10.2. The summed E-state index contributed by atoms with van der Waals surface area (Å²) in [4.78, 5) is 24.3. The monoisotopic (exact) mass is 543 g/mol. The Morgan fingerprint density at radius 1 is 0.976 bits per heavy atom. The topological polar surface area (TPSA) is 90.6 Å². The Bertz CT molecular complexity index is 1490. The number of pyridine rings is 1. The minimum Gasteiger partial charge on any atom is -0.497 e. The normalized spacial score (nSPS) is 16.6. The van der Waals surface area contributed by atoms with Crippen molar-refractivity contribution in [2.24, 2.45) is 10.9 Å². The van der Waals surface area contributed by atoms with Crippen molar-refractivity contribution in [2.75, 3.05) is 12.0 Å². The number of nitriles is 1. The van der Waals surface area contributed by atoms with Crippen LogP contribution in [0.25, 0.3) is 11.1 Å². The van der Waals surface area contributed by atoms with Crippen LogP contribution < -0.4 is 15.0 Å². The highest BCUT2D eigenvalue weighted by atomic mass is 16.5. The number of aromatic nitrogens is 1. The third-order valence-corrected chi connectivity index (χ3v) is 7.48. The van der Waals surface area contributed by atoms with Crippen LogP contribution in [0.15, 0.2) is 102 Å². The fourth-order valence-corrected chi connectivity index (χ4v) is 5.17. The molecule has 2 amide bonds. The van der Waals surface area contributed by atoms with E-state index in [9.17, 15) is 4.79 Å². The maximum atomic E-state index is 13.6. The van der Waals surface area contributed by atoms with Crippen molar-refractivity contribution in [3.05, 3.63) is 108 Å². The van der Waals surface area contributed by atoms with Gasteiger partial charge in [-0.3, -0.25) is 4.90 Å². The van der Waals surface area contributed by atoms with E-state index in [0.717, 1.165) is 53.8 Å². The van der Waals surface area contributed by atoms with Gasteiger partial charge in [0, 0.05) is 30.7 Å². The molecule has 0 unspecified atom stereocenters. The van der Waals surface area contributed by atoms with Gasteiger partial charge in [-0.15, -0.1) is 0 Å². The maximum Gasteiger partial charge on any atom is 0.322 e. The van der Waals surface area contributed by atoms with Crippen LogP contribution in [0, 0.1) is 17.2 Å². The van der Waals surface area contributed by atoms with Crippen LogP contribution in [-0.2, 0) is 6.54 Å². The van der Waals surface area contributed by atoms with Gasteiger partial charge in [0.2, 0.25) is 0 Å². The van der Waals surface area contributed by atoms with Gasteiger partial charge in [-0.05, 0) is 84.7 Å².